The summed E-state index contributed by atoms with van der Waals surface area (Å²) >= 11 is 0. The van der Waals surface area contributed by atoms with Crippen molar-refractivity contribution in [2.75, 3.05) is 33.0 Å². The molecule has 0 atom stereocenters. The average Bonchev–Trinajstić information content (AvgIpc) is 2.42. The first kappa shape index (κ1) is 20.9. The standard InChI is InChI=1S/C16H32N2O4/c1-13(2)5-6-15(19)17-8-10-22-12-11-21-9-7-16(20)18-14(3)4/h13-14H,5-12H2,1-4H3,(H,17,19)(H,18,20). The van der Waals surface area contributed by atoms with Gasteiger partial charge in [0.1, 0.15) is 0 Å². The highest BCUT2D eigenvalue weighted by Crippen LogP contribution is 2.02. The van der Waals surface area contributed by atoms with Gasteiger partial charge in [0.15, 0.2) is 0 Å². The summed E-state index contributed by atoms with van der Waals surface area (Å²) in [7, 11) is 0. The summed E-state index contributed by atoms with van der Waals surface area (Å²) in [5, 5.41) is 5.61. The van der Waals surface area contributed by atoms with Gasteiger partial charge in [-0.2, -0.15) is 0 Å². The molecule has 0 spiro atoms. The first-order valence-corrected chi connectivity index (χ1v) is 8.13. The van der Waals surface area contributed by atoms with Crippen LogP contribution < -0.4 is 10.6 Å². The zero-order chi connectivity index (χ0) is 16.8. The van der Waals surface area contributed by atoms with Crippen molar-refractivity contribution < 1.29 is 19.1 Å². The maximum Gasteiger partial charge on any atom is 0.222 e. The molecule has 0 unspecified atom stereocenters. The number of rotatable bonds is 13. The van der Waals surface area contributed by atoms with Crippen LogP contribution in [-0.2, 0) is 19.1 Å². The van der Waals surface area contributed by atoms with Crippen LogP contribution in [0.25, 0.3) is 0 Å². The van der Waals surface area contributed by atoms with Gasteiger partial charge in [-0.25, -0.2) is 0 Å². The first-order valence-electron chi connectivity index (χ1n) is 8.13. The normalized spacial score (nSPS) is 11.0. The Bertz CT molecular complexity index is 307. The summed E-state index contributed by atoms with van der Waals surface area (Å²) in [4.78, 5) is 22.8. The summed E-state index contributed by atoms with van der Waals surface area (Å²) < 4.78 is 10.6. The molecule has 0 radical (unpaired) electrons. The number of amides is 2. The second kappa shape index (κ2) is 13.5. The Balaban J connectivity index is 3.27. The SMILES string of the molecule is CC(C)CCC(=O)NCCOCCOCCC(=O)NC(C)C. The summed E-state index contributed by atoms with van der Waals surface area (Å²) in [5.41, 5.74) is 0. The topological polar surface area (TPSA) is 76.7 Å². The Morgan fingerprint density at radius 3 is 2.09 bits per heavy atom. The van der Waals surface area contributed by atoms with Crippen molar-refractivity contribution >= 4 is 11.8 Å². The highest BCUT2D eigenvalue weighted by molar-refractivity contribution is 5.76. The van der Waals surface area contributed by atoms with Gasteiger partial charge < -0.3 is 20.1 Å². The van der Waals surface area contributed by atoms with Crippen molar-refractivity contribution in [3.63, 3.8) is 0 Å². The Morgan fingerprint density at radius 1 is 0.864 bits per heavy atom. The average molecular weight is 316 g/mol. The fourth-order valence-corrected chi connectivity index (χ4v) is 1.65. The molecule has 22 heavy (non-hydrogen) atoms. The molecule has 6 heteroatoms. The molecule has 0 saturated heterocycles. The second-order valence-electron chi connectivity index (χ2n) is 5.98. The zero-order valence-electron chi connectivity index (χ0n) is 14.4. The number of carbonyl (C=O) groups excluding carboxylic acids is 2. The van der Waals surface area contributed by atoms with E-state index in [9.17, 15) is 9.59 Å². The molecular formula is C16H32N2O4. The van der Waals surface area contributed by atoms with Crippen LogP contribution in [0.3, 0.4) is 0 Å². The highest BCUT2D eigenvalue weighted by Gasteiger charge is 2.03. The summed E-state index contributed by atoms with van der Waals surface area (Å²) in [6.07, 6.45) is 1.84. The zero-order valence-corrected chi connectivity index (χ0v) is 14.4. The van der Waals surface area contributed by atoms with Crippen LogP contribution in [0.15, 0.2) is 0 Å². The van der Waals surface area contributed by atoms with Crippen LogP contribution in [-0.4, -0.2) is 50.8 Å². The Labute approximate surface area is 134 Å². The summed E-state index contributed by atoms with van der Waals surface area (Å²) in [5.74, 6) is 0.617. The molecule has 0 rings (SSSR count). The Kier molecular flexibility index (Phi) is 12.8. The molecule has 0 aromatic rings. The van der Waals surface area contributed by atoms with E-state index in [1.54, 1.807) is 0 Å². The van der Waals surface area contributed by atoms with Crippen LogP contribution in [0.4, 0.5) is 0 Å². The maximum absolute atomic E-state index is 11.4. The predicted molar refractivity (Wildman–Crippen MR) is 86.6 cm³/mol. The minimum atomic E-state index is 0.0000263. The third-order valence-corrected chi connectivity index (χ3v) is 2.81. The first-order chi connectivity index (χ1) is 10.4. The van der Waals surface area contributed by atoms with Crippen molar-refractivity contribution in [2.45, 2.75) is 53.0 Å². The van der Waals surface area contributed by atoms with E-state index < -0.39 is 0 Å². The van der Waals surface area contributed by atoms with Gasteiger partial charge in [0.2, 0.25) is 11.8 Å². The Morgan fingerprint density at radius 2 is 1.50 bits per heavy atom. The lowest BCUT2D eigenvalue weighted by molar-refractivity contribution is -0.123. The van der Waals surface area contributed by atoms with E-state index in [1.807, 2.05) is 13.8 Å². The highest BCUT2D eigenvalue weighted by atomic mass is 16.5. The largest absolute Gasteiger partial charge is 0.379 e. The number of hydrogen-bond donors (Lipinski definition) is 2. The second-order valence-corrected chi connectivity index (χ2v) is 5.98. The van der Waals surface area contributed by atoms with Crippen molar-refractivity contribution in [1.29, 1.82) is 0 Å². The third kappa shape index (κ3) is 15.3. The van der Waals surface area contributed by atoms with Gasteiger partial charge in [-0.15, -0.1) is 0 Å². The van der Waals surface area contributed by atoms with E-state index in [2.05, 4.69) is 24.5 Å². The quantitative estimate of drug-likeness (QED) is 0.505. The monoisotopic (exact) mass is 316 g/mol. The molecule has 0 aromatic heterocycles. The molecule has 0 aliphatic heterocycles. The van der Waals surface area contributed by atoms with Crippen LogP contribution in [0.1, 0.15) is 47.0 Å². The number of hydrogen-bond acceptors (Lipinski definition) is 4. The minimum Gasteiger partial charge on any atom is -0.379 e. The van der Waals surface area contributed by atoms with E-state index in [1.165, 1.54) is 0 Å². The van der Waals surface area contributed by atoms with E-state index in [-0.39, 0.29) is 17.9 Å². The van der Waals surface area contributed by atoms with Crippen molar-refractivity contribution in [3.05, 3.63) is 0 Å². The van der Waals surface area contributed by atoms with Crippen molar-refractivity contribution in [2.24, 2.45) is 5.92 Å². The van der Waals surface area contributed by atoms with Crippen molar-refractivity contribution in [3.8, 4) is 0 Å². The van der Waals surface area contributed by atoms with Gasteiger partial charge in [-0.1, -0.05) is 13.8 Å². The fourth-order valence-electron chi connectivity index (χ4n) is 1.65. The van der Waals surface area contributed by atoms with Crippen LogP contribution in [0, 0.1) is 5.92 Å². The number of ether oxygens (including phenoxy) is 2. The van der Waals surface area contributed by atoms with Crippen LogP contribution in [0.2, 0.25) is 0 Å². The molecular weight excluding hydrogens is 284 g/mol. The number of carbonyl (C=O) groups is 2. The molecule has 0 aliphatic rings. The smallest absolute Gasteiger partial charge is 0.222 e. The maximum atomic E-state index is 11.4. The van der Waals surface area contributed by atoms with Gasteiger partial charge in [0.05, 0.1) is 26.4 Å². The lowest BCUT2D eigenvalue weighted by atomic mass is 10.1. The molecule has 130 valence electrons. The minimum absolute atomic E-state index is 0.0000263. The Hall–Kier alpha value is -1.14. The third-order valence-electron chi connectivity index (χ3n) is 2.81. The van der Waals surface area contributed by atoms with E-state index in [0.29, 0.717) is 51.7 Å². The number of nitrogens with one attached hydrogen (secondary N) is 2. The van der Waals surface area contributed by atoms with Gasteiger partial charge in [0, 0.05) is 25.4 Å². The molecule has 0 saturated carbocycles. The lowest BCUT2D eigenvalue weighted by Gasteiger charge is -2.09. The molecule has 0 aromatic carbocycles. The van der Waals surface area contributed by atoms with Gasteiger partial charge in [0.25, 0.3) is 0 Å². The molecule has 2 N–H and O–H groups in total. The molecule has 0 heterocycles. The molecule has 6 nitrogen and oxygen atoms in total. The van der Waals surface area contributed by atoms with Gasteiger partial charge in [-0.05, 0) is 26.2 Å². The van der Waals surface area contributed by atoms with Crippen molar-refractivity contribution in [1.82, 2.24) is 10.6 Å². The van der Waals surface area contributed by atoms with Gasteiger partial charge in [-0.3, -0.25) is 9.59 Å². The van der Waals surface area contributed by atoms with Gasteiger partial charge >= 0.3 is 0 Å². The van der Waals surface area contributed by atoms with Crippen LogP contribution in [0.5, 0.6) is 0 Å². The summed E-state index contributed by atoms with van der Waals surface area (Å²) in [6.45, 7) is 10.4. The molecule has 0 bridgehead atoms. The molecule has 0 fully saturated rings. The fraction of sp³-hybridized carbons (Fsp3) is 0.875. The predicted octanol–water partition coefficient (Wildman–Crippen LogP) is 1.49. The summed E-state index contributed by atoms with van der Waals surface area (Å²) in [6, 6.07) is 0.159. The molecule has 0 aliphatic carbocycles. The van der Waals surface area contributed by atoms with E-state index >= 15 is 0 Å². The lowest BCUT2D eigenvalue weighted by Crippen LogP contribution is -2.30. The van der Waals surface area contributed by atoms with E-state index in [4.69, 9.17) is 9.47 Å². The molecule has 2 amide bonds. The van der Waals surface area contributed by atoms with Crippen LogP contribution >= 0.6 is 0 Å². The van der Waals surface area contributed by atoms with E-state index in [0.717, 1.165) is 6.42 Å².